The molecule has 1 fully saturated rings. The van der Waals surface area contributed by atoms with Gasteiger partial charge in [0.15, 0.2) is 0 Å². The number of nitrogen functional groups attached to an aromatic ring is 1. The highest BCUT2D eigenvalue weighted by molar-refractivity contribution is 6.13. The number of nitrogens with zero attached hydrogens (tertiary/aromatic N) is 3. The first-order valence-electron chi connectivity index (χ1n) is 8.73. The van der Waals surface area contributed by atoms with Crippen molar-refractivity contribution in [3.63, 3.8) is 0 Å². The Hall–Kier alpha value is -2.67. The minimum absolute atomic E-state index is 0.0511. The van der Waals surface area contributed by atoms with Gasteiger partial charge in [0, 0.05) is 37.5 Å². The van der Waals surface area contributed by atoms with Crippen LogP contribution in [0.5, 0.6) is 5.75 Å². The summed E-state index contributed by atoms with van der Waals surface area (Å²) < 4.78 is 11.1. The van der Waals surface area contributed by atoms with Gasteiger partial charge in [-0.1, -0.05) is 0 Å². The standard InChI is InChI=1S/C19H25N5O2/c1-12(2)26-13-4-5-16(20)15(8-13)19(21)17-9-18(23-11-22-17)24-7-6-14(10-24)25-3/h4-5,8-9,11-12,14,21H,6-7,10,20H2,1-3H3/t14-/m0/s1. The predicted octanol–water partition coefficient (Wildman–Crippen LogP) is 2.49. The summed E-state index contributed by atoms with van der Waals surface area (Å²) in [4.78, 5) is 10.8. The molecule has 2 heterocycles. The normalized spacial score (nSPS) is 16.9. The SMILES string of the molecule is CO[C@H]1CCN(c2cc(C(=N)c3cc(OC(C)C)ccc3N)ncn2)C1. The minimum Gasteiger partial charge on any atom is -0.491 e. The lowest BCUT2D eigenvalue weighted by Gasteiger charge is -2.18. The van der Waals surface area contributed by atoms with Crippen molar-refractivity contribution in [2.75, 3.05) is 30.8 Å². The molecule has 2 aromatic rings. The second kappa shape index (κ2) is 7.70. The largest absolute Gasteiger partial charge is 0.491 e. The molecule has 0 unspecified atom stereocenters. The lowest BCUT2D eigenvalue weighted by atomic mass is 10.0. The van der Waals surface area contributed by atoms with Gasteiger partial charge >= 0.3 is 0 Å². The number of anilines is 2. The Morgan fingerprint density at radius 3 is 2.81 bits per heavy atom. The molecule has 1 atom stereocenters. The molecule has 26 heavy (non-hydrogen) atoms. The summed E-state index contributed by atoms with van der Waals surface area (Å²) in [5, 5.41) is 8.56. The Kier molecular flexibility index (Phi) is 5.37. The maximum Gasteiger partial charge on any atom is 0.132 e. The van der Waals surface area contributed by atoms with Crippen LogP contribution < -0.4 is 15.4 Å². The molecule has 1 aromatic heterocycles. The zero-order valence-electron chi connectivity index (χ0n) is 15.4. The van der Waals surface area contributed by atoms with Gasteiger partial charge in [-0.15, -0.1) is 0 Å². The van der Waals surface area contributed by atoms with Gasteiger partial charge in [0.2, 0.25) is 0 Å². The smallest absolute Gasteiger partial charge is 0.132 e. The monoisotopic (exact) mass is 355 g/mol. The van der Waals surface area contributed by atoms with E-state index in [1.54, 1.807) is 19.2 Å². The van der Waals surface area contributed by atoms with Gasteiger partial charge in [-0.05, 0) is 38.5 Å². The molecule has 7 nitrogen and oxygen atoms in total. The van der Waals surface area contributed by atoms with Crippen LogP contribution in [0.15, 0.2) is 30.6 Å². The van der Waals surface area contributed by atoms with Crippen LogP contribution in [0, 0.1) is 5.41 Å². The number of nitrogens with two attached hydrogens (primary N) is 1. The quantitative estimate of drug-likeness (QED) is 0.610. The second-order valence-corrected chi connectivity index (χ2v) is 6.64. The van der Waals surface area contributed by atoms with Crippen molar-refractivity contribution in [3.05, 3.63) is 41.9 Å². The van der Waals surface area contributed by atoms with E-state index >= 15 is 0 Å². The molecule has 3 rings (SSSR count). The maximum absolute atomic E-state index is 8.56. The Balaban J connectivity index is 1.85. The molecule has 138 valence electrons. The van der Waals surface area contributed by atoms with Crippen LogP contribution >= 0.6 is 0 Å². The van der Waals surface area contributed by atoms with Gasteiger partial charge < -0.3 is 20.1 Å². The van der Waals surface area contributed by atoms with Crippen molar-refractivity contribution in [2.45, 2.75) is 32.5 Å². The highest BCUT2D eigenvalue weighted by Crippen LogP contribution is 2.25. The molecule has 1 aliphatic rings. The average molecular weight is 355 g/mol. The van der Waals surface area contributed by atoms with Crippen molar-refractivity contribution in [3.8, 4) is 5.75 Å². The third-order valence-electron chi connectivity index (χ3n) is 4.38. The first-order valence-corrected chi connectivity index (χ1v) is 8.73. The topological polar surface area (TPSA) is 97.3 Å². The molecule has 1 aliphatic heterocycles. The van der Waals surface area contributed by atoms with Crippen molar-refractivity contribution in [2.24, 2.45) is 0 Å². The number of nitrogens with one attached hydrogen (secondary N) is 1. The van der Waals surface area contributed by atoms with E-state index < -0.39 is 0 Å². The molecule has 1 aromatic carbocycles. The van der Waals surface area contributed by atoms with E-state index in [0.29, 0.717) is 22.7 Å². The molecule has 0 bridgehead atoms. The van der Waals surface area contributed by atoms with Crippen molar-refractivity contribution in [1.29, 1.82) is 5.41 Å². The third kappa shape index (κ3) is 3.94. The summed E-state index contributed by atoms with van der Waals surface area (Å²) in [6.45, 7) is 5.59. The number of hydrogen-bond acceptors (Lipinski definition) is 7. The van der Waals surface area contributed by atoms with Crippen LogP contribution in [0.3, 0.4) is 0 Å². The molecule has 0 spiro atoms. The van der Waals surface area contributed by atoms with E-state index in [1.807, 2.05) is 26.0 Å². The fourth-order valence-corrected chi connectivity index (χ4v) is 3.02. The van der Waals surface area contributed by atoms with Crippen molar-refractivity contribution >= 4 is 17.2 Å². The number of rotatable bonds is 6. The molecule has 0 aliphatic carbocycles. The van der Waals surface area contributed by atoms with Gasteiger partial charge in [0.25, 0.3) is 0 Å². The van der Waals surface area contributed by atoms with Gasteiger partial charge in [-0.25, -0.2) is 9.97 Å². The molecule has 1 saturated heterocycles. The molecule has 0 amide bonds. The molecule has 0 saturated carbocycles. The molecular formula is C19H25N5O2. The van der Waals surface area contributed by atoms with E-state index in [0.717, 1.165) is 25.3 Å². The first-order chi connectivity index (χ1) is 12.5. The zero-order valence-corrected chi connectivity index (χ0v) is 15.4. The van der Waals surface area contributed by atoms with E-state index in [4.69, 9.17) is 20.6 Å². The fraction of sp³-hybridized carbons (Fsp3) is 0.421. The van der Waals surface area contributed by atoms with Crippen LogP contribution in [-0.4, -0.2) is 48.1 Å². The maximum atomic E-state index is 8.56. The Labute approximate surface area is 153 Å². The Morgan fingerprint density at radius 1 is 1.31 bits per heavy atom. The predicted molar refractivity (Wildman–Crippen MR) is 102 cm³/mol. The second-order valence-electron chi connectivity index (χ2n) is 6.64. The van der Waals surface area contributed by atoms with Crippen molar-refractivity contribution in [1.82, 2.24) is 9.97 Å². The highest BCUT2D eigenvalue weighted by atomic mass is 16.5. The third-order valence-corrected chi connectivity index (χ3v) is 4.38. The molecule has 7 heteroatoms. The summed E-state index contributed by atoms with van der Waals surface area (Å²) >= 11 is 0. The van der Waals surface area contributed by atoms with E-state index in [1.165, 1.54) is 6.33 Å². The van der Waals surface area contributed by atoms with Crippen molar-refractivity contribution < 1.29 is 9.47 Å². The van der Waals surface area contributed by atoms with Crippen LogP contribution in [0.1, 0.15) is 31.5 Å². The lowest BCUT2D eigenvalue weighted by Crippen LogP contribution is -2.23. The van der Waals surface area contributed by atoms with Gasteiger partial charge in [-0.2, -0.15) is 0 Å². The summed E-state index contributed by atoms with van der Waals surface area (Å²) in [7, 11) is 1.73. The van der Waals surface area contributed by atoms with E-state index in [9.17, 15) is 0 Å². The summed E-state index contributed by atoms with van der Waals surface area (Å²) in [5.74, 6) is 1.48. The summed E-state index contributed by atoms with van der Waals surface area (Å²) in [6, 6.07) is 7.19. The molecule has 3 N–H and O–H groups in total. The number of aromatic nitrogens is 2. The van der Waals surface area contributed by atoms with Crippen LogP contribution in [-0.2, 0) is 4.74 Å². The fourth-order valence-electron chi connectivity index (χ4n) is 3.02. The minimum atomic E-state index is 0.0511. The van der Waals surface area contributed by atoms with Gasteiger partial charge in [0.05, 0.1) is 23.6 Å². The average Bonchev–Trinajstić information content (AvgIpc) is 3.12. The van der Waals surface area contributed by atoms with E-state index in [2.05, 4.69) is 14.9 Å². The van der Waals surface area contributed by atoms with Crippen LogP contribution in [0.25, 0.3) is 0 Å². The number of methoxy groups -OCH3 is 1. The number of ether oxygens (including phenoxy) is 2. The summed E-state index contributed by atoms with van der Waals surface area (Å²) in [6.07, 6.45) is 2.72. The molecule has 0 radical (unpaired) electrons. The summed E-state index contributed by atoms with van der Waals surface area (Å²) in [5.41, 5.74) is 7.99. The Morgan fingerprint density at radius 2 is 2.12 bits per heavy atom. The van der Waals surface area contributed by atoms with Gasteiger partial charge in [0.1, 0.15) is 17.9 Å². The lowest BCUT2D eigenvalue weighted by molar-refractivity contribution is 0.121. The van der Waals surface area contributed by atoms with Crippen LogP contribution in [0.4, 0.5) is 11.5 Å². The molecular weight excluding hydrogens is 330 g/mol. The van der Waals surface area contributed by atoms with E-state index in [-0.39, 0.29) is 17.9 Å². The highest BCUT2D eigenvalue weighted by Gasteiger charge is 2.24. The zero-order chi connectivity index (χ0) is 18.7. The van der Waals surface area contributed by atoms with Gasteiger partial charge in [-0.3, -0.25) is 5.41 Å². The number of benzene rings is 1. The first kappa shape index (κ1) is 18.1. The van der Waals surface area contributed by atoms with Crippen LogP contribution in [0.2, 0.25) is 0 Å². The number of hydrogen-bond donors (Lipinski definition) is 2. The Bertz CT molecular complexity index is 793.